The van der Waals surface area contributed by atoms with Gasteiger partial charge in [-0.3, -0.25) is 4.79 Å². The molecule has 0 heterocycles. The second kappa shape index (κ2) is 8.91. The number of carbonyl (C=O) groups excluding carboxylic acids is 1. The quantitative estimate of drug-likeness (QED) is 0.418. The summed E-state index contributed by atoms with van der Waals surface area (Å²) in [4.78, 5) is 13.1. The molecule has 0 aliphatic heterocycles. The summed E-state index contributed by atoms with van der Waals surface area (Å²) < 4.78 is 11.7. The van der Waals surface area contributed by atoms with Crippen LogP contribution in [0.1, 0.15) is 51.5 Å². The van der Waals surface area contributed by atoms with Gasteiger partial charge in [-0.2, -0.15) is 0 Å². The van der Waals surface area contributed by atoms with Gasteiger partial charge in [0, 0.05) is 22.4 Å². The maximum absolute atomic E-state index is 13.1. The maximum atomic E-state index is 13.1. The van der Waals surface area contributed by atoms with E-state index >= 15 is 0 Å². The third-order valence-corrected chi connectivity index (χ3v) is 6.00. The highest BCUT2D eigenvalue weighted by Gasteiger charge is 2.28. The molecule has 0 N–H and O–H groups in total. The number of ketones is 1. The average molecular weight is 405 g/mol. The summed E-state index contributed by atoms with van der Waals surface area (Å²) in [6.45, 7) is 10.7. The number of ether oxygens (including phenoxy) is 2. The van der Waals surface area contributed by atoms with Crippen molar-refractivity contribution in [3.63, 3.8) is 0 Å². The van der Waals surface area contributed by atoms with Crippen LogP contribution in [-0.2, 0) is 4.79 Å². The molecule has 0 saturated heterocycles. The molecule has 0 fully saturated rings. The van der Waals surface area contributed by atoms with Crippen molar-refractivity contribution in [2.75, 3.05) is 14.2 Å². The Labute approximate surface area is 180 Å². The Hall–Kier alpha value is -2.81. The number of hydrogen-bond donors (Lipinski definition) is 0. The first-order valence-corrected chi connectivity index (χ1v) is 10.5. The summed E-state index contributed by atoms with van der Waals surface area (Å²) in [5.41, 5.74) is 2.72. The predicted octanol–water partition coefficient (Wildman–Crippen LogP) is 6.78. The van der Waals surface area contributed by atoms with Gasteiger partial charge in [0.15, 0.2) is 5.78 Å². The van der Waals surface area contributed by atoms with Gasteiger partial charge in [-0.05, 0) is 49.1 Å². The first-order chi connectivity index (χ1) is 14.3. The summed E-state index contributed by atoms with van der Waals surface area (Å²) in [7, 11) is 3.34. The number of allylic oxidation sites excluding steroid dienone is 5. The fourth-order valence-corrected chi connectivity index (χ4v) is 4.08. The van der Waals surface area contributed by atoms with E-state index in [0.29, 0.717) is 5.57 Å². The minimum absolute atomic E-state index is 0.0371. The molecule has 3 rings (SSSR count). The van der Waals surface area contributed by atoms with Crippen molar-refractivity contribution in [3.05, 3.63) is 71.8 Å². The van der Waals surface area contributed by atoms with E-state index in [2.05, 4.69) is 33.4 Å². The van der Waals surface area contributed by atoms with E-state index < -0.39 is 0 Å². The molecule has 0 radical (unpaired) electrons. The smallest absolute Gasteiger partial charge is 0.181 e. The van der Waals surface area contributed by atoms with Crippen LogP contribution in [0.4, 0.5) is 0 Å². The molecule has 1 aliphatic rings. The Balaban J connectivity index is 2.19. The lowest BCUT2D eigenvalue weighted by molar-refractivity contribution is -0.111. The molecule has 1 aliphatic carbocycles. The standard InChI is InChI=1S/C27H32O3/c1-18-11-12-21(19(2)23(28)14-16-27(3,4)15-13-18)25-24(29-5)17-20-9-7-8-10-22(20)26(25)30-6/h7-10,13-14,16-17,21H,2,11-12,15H2,1,3-6H3/b16-14+,18-13+. The SMILES string of the molecule is C=C1C(=O)/C=C/C(C)(C)C/C=C(\C)CCC1c1c(OC)cc2ccccc2c1OC. The molecule has 1 atom stereocenters. The van der Waals surface area contributed by atoms with E-state index in [0.717, 1.165) is 47.1 Å². The summed E-state index contributed by atoms with van der Waals surface area (Å²) in [5.74, 6) is 1.25. The molecule has 0 aromatic heterocycles. The number of fused-ring (bicyclic) bond motifs is 1. The number of benzene rings is 2. The molecule has 0 saturated carbocycles. The van der Waals surface area contributed by atoms with Gasteiger partial charge in [-0.1, -0.05) is 62.4 Å². The molecule has 0 bridgehead atoms. The van der Waals surface area contributed by atoms with Crippen molar-refractivity contribution in [2.24, 2.45) is 5.41 Å². The normalized spacial score (nSPS) is 22.7. The van der Waals surface area contributed by atoms with Crippen LogP contribution in [-0.4, -0.2) is 20.0 Å². The highest BCUT2D eigenvalue weighted by molar-refractivity contribution is 6.05. The van der Waals surface area contributed by atoms with Crippen LogP contribution in [0.2, 0.25) is 0 Å². The average Bonchev–Trinajstić information content (AvgIpc) is 2.76. The van der Waals surface area contributed by atoms with Crippen LogP contribution in [0, 0.1) is 5.41 Å². The van der Waals surface area contributed by atoms with Crippen LogP contribution in [0.5, 0.6) is 11.5 Å². The Morgan fingerprint density at radius 2 is 1.87 bits per heavy atom. The van der Waals surface area contributed by atoms with Crippen molar-refractivity contribution in [2.45, 2.75) is 46.0 Å². The molecular weight excluding hydrogens is 372 g/mol. The van der Waals surface area contributed by atoms with Crippen molar-refractivity contribution < 1.29 is 14.3 Å². The van der Waals surface area contributed by atoms with E-state index in [-0.39, 0.29) is 17.1 Å². The van der Waals surface area contributed by atoms with Gasteiger partial charge in [0.25, 0.3) is 0 Å². The van der Waals surface area contributed by atoms with Gasteiger partial charge in [0.2, 0.25) is 0 Å². The number of methoxy groups -OCH3 is 2. The second-order valence-electron chi connectivity index (χ2n) is 8.80. The molecule has 1 unspecified atom stereocenters. The molecule has 2 aromatic carbocycles. The van der Waals surface area contributed by atoms with Crippen molar-refractivity contribution in [1.29, 1.82) is 0 Å². The molecule has 2 aromatic rings. The highest BCUT2D eigenvalue weighted by atomic mass is 16.5. The summed E-state index contributed by atoms with van der Waals surface area (Å²) in [6.07, 6.45) is 8.53. The lowest BCUT2D eigenvalue weighted by atomic mass is 9.82. The minimum Gasteiger partial charge on any atom is -0.496 e. The lowest BCUT2D eigenvalue weighted by Gasteiger charge is -2.25. The third-order valence-electron chi connectivity index (χ3n) is 6.00. The van der Waals surface area contributed by atoms with E-state index in [1.54, 1.807) is 20.3 Å². The van der Waals surface area contributed by atoms with E-state index in [1.807, 2.05) is 36.4 Å². The number of hydrogen-bond acceptors (Lipinski definition) is 3. The molecule has 158 valence electrons. The van der Waals surface area contributed by atoms with Gasteiger partial charge in [-0.15, -0.1) is 0 Å². The van der Waals surface area contributed by atoms with E-state index in [4.69, 9.17) is 9.47 Å². The monoisotopic (exact) mass is 404 g/mol. The summed E-state index contributed by atoms with van der Waals surface area (Å²) in [6, 6.07) is 10.1. The number of rotatable bonds is 3. The van der Waals surface area contributed by atoms with Crippen LogP contribution < -0.4 is 9.47 Å². The molecule has 3 nitrogen and oxygen atoms in total. The van der Waals surface area contributed by atoms with Crippen LogP contribution >= 0.6 is 0 Å². The topological polar surface area (TPSA) is 35.5 Å². The zero-order chi connectivity index (χ0) is 21.9. The number of carbonyl (C=O) groups is 1. The van der Waals surface area contributed by atoms with Gasteiger partial charge in [0.05, 0.1) is 14.2 Å². The first-order valence-electron chi connectivity index (χ1n) is 10.5. The van der Waals surface area contributed by atoms with Gasteiger partial charge >= 0.3 is 0 Å². The fraction of sp³-hybridized carbons (Fsp3) is 0.370. The van der Waals surface area contributed by atoms with Gasteiger partial charge in [-0.25, -0.2) is 0 Å². The first kappa shape index (κ1) is 21.9. The molecular formula is C27H32O3. The Kier molecular flexibility index (Phi) is 6.50. The van der Waals surface area contributed by atoms with Gasteiger partial charge in [0.1, 0.15) is 11.5 Å². The Morgan fingerprint density at radius 3 is 2.57 bits per heavy atom. The molecule has 3 heteroatoms. The largest absolute Gasteiger partial charge is 0.496 e. The van der Waals surface area contributed by atoms with Gasteiger partial charge < -0.3 is 9.47 Å². The zero-order valence-electron chi connectivity index (χ0n) is 18.7. The van der Waals surface area contributed by atoms with Crippen LogP contribution in [0.15, 0.2) is 66.3 Å². The lowest BCUT2D eigenvalue weighted by Crippen LogP contribution is -2.13. The fourth-order valence-electron chi connectivity index (χ4n) is 4.08. The van der Waals surface area contributed by atoms with E-state index in [1.165, 1.54) is 5.57 Å². The summed E-state index contributed by atoms with van der Waals surface area (Å²) >= 11 is 0. The predicted molar refractivity (Wildman–Crippen MR) is 124 cm³/mol. The molecule has 0 spiro atoms. The Bertz CT molecular complexity index is 1020. The van der Waals surface area contributed by atoms with Crippen molar-refractivity contribution in [1.82, 2.24) is 0 Å². The maximum Gasteiger partial charge on any atom is 0.181 e. The zero-order valence-corrected chi connectivity index (χ0v) is 18.7. The van der Waals surface area contributed by atoms with Crippen LogP contribution in [0.25, 0.3) is 10.8 Å². The highest BCUT2D eigenvalue weighted by Crippen LogP contribution is 2.46. The van der Waals surface area contributed by atoms with Crippen molar-refractivity contribution >= 4 is 16.6 Å². The Morgan fingerprint density at radius 1 is 1.13 bits per heavy atom. The second-order valence-corrected chi connectivity index (χ2v) is 8.80. The third kappa shape index (κ3) is 4.51. The summed E-state index contributed by atoms with van der Waals surface area (Å²) in [5, 5.41) is 2.05. The molecule has 0 amide bonds. The molecule has 30 heavy (non-hydrogen) atoms. The van der Waals surface area contributed by atoms with Crippen molar-refractivity contribution in [3.8, 4) is 11.5 Å². The van der Waals surface area contributed by atoms with Crippen LogP contribution in [0.3, 0.4) is 0 Å². The van der Waals surface area contributed by atoms with E-state index in [9.17, 15) is 4.79 Å². The minimum atomic E-state index is -0.193.